The van der Waals surface area contributed by atoms with Crippen LogP contribution in [0.25, 0.3) is 11.1 Å². The molecule has 3 saturated heterocycles. The number of hydrogen-bond acceptors (Lipinski definition) is 7. The van der Waals surface area contributed by atoms with Gasteiger partial charge < -0.3 is 19.7 Å². The molecule has 6 rings (SSSR count). The maximum Gasteiger partial charge on any atom is 0.412 e. The SMILES string of the molecule is CCOC(=O)c1ccc(NC(=O)CCCc2ccc(-c3ccccc3)c(NC(=O)OC34CCN(CC3)CC4)c2)cn1. The average molecular weight is 557 g/mol. The number of aryl methyl sites for hydroxylation is 1. The van der Waals surface area contributed by atoms with Crippen LogP contribution in [0.4, 0.5) is 16.2 Å². The largest absolute Gasteiger partial charge is 0.461 e. The maximum atomic E-state index is 13.1. The van der Waals surface area contributed by atoms with Crippen molar-refractivity contribution in [3.63, 3.8) is 0 Å². The fraction of sp³-hybridized carbons (Fsp3) is 0.375. The van der Waals surface area contributed by atoms with Crippen molar-refractivity contribution in [2.75, 3.05) is 36.9 Å². The number of anilines is 2. The Balaban J connectivity index is 1.20. The van der Waals surface area contributed by atoms with Gasteiger partial charge in [-0.25, -0.2) is 14.6 Å². The molecule has 9 nitrogen and oxygen atoms in total. The van der Waals surface area contributed by atoms with Crippen LogP contribution in [0.2, 0.25) is 0 Å². The zero-order chi connectivity index (χ0) is 28.7. The molecule has 2 amide bonds. The van der Waals surface area contributed by atoms with E-state index in [1.807, 2.05) is 48.5 Å². The lowest BCUT2D eigenvalue weighted by atomic mass is 9.83. The van der Waals surface area contributed by atoms with Crippen LogP contribution in [0.5, 0.6) is 0 Å². The number of esters is 1. The van der Waals surface area contributed by atoms with Crippen LogP contribution in [-0.2, 0) is 20.7 Å². The van der Waals surface area contributed by atoms with E-state index in [-0.39, 0.29) is 23.8 Å². The van der Waals surface area contributed by atoms with Crippen LogP contribution in [0, 0.1) is 0 Å². The molecule has 2 aromatic carbocycles. The van der Waals surface area contributed by atoms with Gasteiger partial charge in [0.1, 0.15) is 11.3 Å². The Labute approximate surface area is 240 Å². The highest BCUT2D eigenvalue weighted by molar-refractivity contribution is 5.93. The van der Waals surface area contributed by atoms with Crippen molar-refractivity contribution >= 4 is 29.3 Å². The number of aromatic nitrogens is 1. The van der Waals surface area contributed by atoms with Crippen LogP contribution >= 0.6 is 0 Å². The van der Waals surface area contributed by atoms with Crippen molar-refractivity contribution in [1.29, 1.82) is 0 Å². The number of piperidine rings is 3. The van der Waals surface area contributed by atoms with Crippen LogP contribution in [0.3, 0.4) is 0 Å². The second-order valence-corrected chi connectivity index (χ2v) is 10.6. The van der Waals surface area contributed by atoms with Gasteiger partial charge in [-0.2, -0.15) is 0 Å². The first kappa shape index (κ1) is 28.3. The predicted octanol–water partition coefficient (Wildman–Crippen LogP) is 5.67. The maximum absolute atomic E-state index is 13.1. The van der Waals surface area contributed by atoms with Crippen LogP contribution in [-0.4, -0.2) is 59.7 Å². The van der Waals surface area contributed by atoms with Gasteiger partial charge in [-0.05, 0) is 49.1 Å². The Hall–Kier alpha value is -4.24. The summed E-state index contributed by atoms with van der Waals surface area (Å²) in [6, 6.07) is 19.1. The number of ether oxygens (including phenoxy) is 2. The third-order valence-electron chi connectivity index (χ3n) is 7.77. The summed E-state index contributed by atoms with van der Waals surface area (Å²) in [5.74, 6) is -0.638. The second-order valence-electron chi connectivity index (χ2n) is 10.6. The van der Waals surface area contributed by atoms with Crippen molar-refractivity contribution in [3.8, 4) is 11.1 Å². The molecule has 1 aromatic heterocycles. The van der Waals surface area contributed by atoms with Gasteiger partial charge in [-0.3, -0.25) is 10.1 Å². The van der Waals surface area contributed by atoms with E-state index in [4.69, 9.17) is 9.47 Å². The Bertz CT molecular complexity index is 1350. The minimum atomic E-state index is -0.496. The monoisotopic (exact) mass is 556 g/mol. The number of pyridine rings is 1. The molecule has 2 N–H and O–H groups in total. The van der Waals surface area contributed by atoms with Crippen LogP contribution in [0.15, 0.2) is 66.9 Å². The minimum absolute atomic E-state index is 0.142. The lowest BCUT2D eigenvalue weighted by molar-refractivity contribution is -0.116. The number of amides is 2. The molecule has 3 fully saturated rings. The normalized spacial score (nSPS) is 19.3. The van der Waals surface area contributed by atoms with E-state index in [1.54, 1.807) is 13.0 Å². The van der Waals surface area contributed by atoms with E-state index in [2.05, 4.69) is 20.5 Å². The molecular weight excluding hydrogens is 520 g/mol. The number of fused-ring (bicyclic) bond motifs is 3. The zero-order valence-corrected chi connectivity index (χ0v) is 23.4. The van der Waals surface area contributed by atoms with Gasteiger partial charge in [0.25, 0.3) is 0 Å². The first-order chi connectivity index (χ1) is 19.9. The number of carbonyl (C=O) groups excluding carboxylic acids is 3. The van der Waals surface area contributed by atoms with E-state index in [0.29, 0.717) is 30.6 Å². The number of carbonyl (C=O) groups is 3. The van der Waals surface area contributed by atoms with Crippen molar-refractivity contribution in [1.82, 2.24) is 9.88 Å². The lowest BCUT2D eigenvalue weighted by Gasteiger charge is -2.47. The smallest absolute Gasteiger partial charge is 0.412 e. The van der Waals surface area contributed by atoms with Gasteiger partial charge in [0.2, 0.25) is 5.91 Å². The fourth-order valence-corrected chi connectivity index (χ4v) is 5.47. The predicted molar refractivity (Wildman–Crippen MR) is 157 cm³/mol. The Morgan fingerprint density at radius 3 is 2.39 bits per heavy atom. The summed E-state index contributed by atoms with van der Waals surface area (Å²) in [6.45, 7) is 4.92. The van der Waals surface area contributed by atoms with E-state index in [0.717, 1.165) is 55.6 Å². The lowest BCUT2D eigenvalue weighted by Crippen LogP contribution is -2.54. The molecule has 0 spiro atoms. The average Bonchev–Trinajstić information content (AvgIpc) is 2.99. The summed E-state index contributed by atoms with van der Waals surface area (Å²) in [6.07, 6.45) is 5.24. The van der Waals surface area contributed by atoms with Gasteiger partial charge in [0, 0.05) is 50.9 Å². The quantitative estimate of drug-likeness (QED) is 0.310. The molecular formula is C32H36N4O5. The van der Waals surface area contributed by atoms with E-state index in [1.165, 1.54) is 12.3 Å². The summed E-state index contributed by atoms with van der Waals surface area (Å²) in [5, 5.41) is 5.85. The molecule has 3 aliphatic rings. The summed E-state index contributed by atoms with van der Waals surface area (Å²) in [5.41, 5.74) is 3.96. The van der Waals surface area contributed by atoms with Gasteiger partial charge in [0.15, 0.2) is 0 Å². The van der Waals surface area contributed by atoms with Gasteiger partial charge in [0.05, 0.1) is 24.2 Å². The molecule has 3 aliphatic heterocycles. The number of hydrogen-bond donors (Lipinski definition) is 2. The van der Waals surface area contributed by atoms with E-state index >= 15 is 0 Å². The highest BCUT2D eigenvalue weighted by atomic mass is 16.6. The Kier molecular flexibility index (Phi) is 8.94. The van der Waals surface area contributed by atoms with Crippen LogP contribution in [0.1, 0.15) is 55.1 Å². The summed E-state index contributed by atoms with van der Waals surface area (Å²) < 4.78 is 11.0. The molecule has 0 saturated carbocycles. The topological polar surface area (TPSA) is 110 Å². The molecule has 214 valence electrons. The van der Waals surface area contributed by atoms with E-state index < -0.39 is 12.1 Å². The molecule has 41 heavy (non-hydrogen) atoms. The number of benzene rings is 2. The Morgan fingerprint density at radius 1 is 0.951 bits per heavy atom. The van der Waals surface area contributed by atoms with Crippen molar-refractivity contribution in [3.05, 3.63) is 78.1 Å². The van der Waals surface area contributed by atoms with Gasteiger partial charge in [-0.1, -0.05) is 42.5 Å². The fourth-order valence-electron chi connectivity index (χ4n) is 5.47. The first-order valence-corrected chi connectivity index (χ1v) is 14.3. The molecule has 3 aromatic rings. The summed E-state index contributed by atoms with van der Waals surface area (Å²) in [7, 11) is 0. The molecule has 0 aliphatic carbocycles. The van der Waals surface area contributed by atoms with E-state index in [9.17, 15) is 14.4 Å². The third-order valence-corrected chi connectivity index (χ3v) is 7.77. The highest BCUT2D eigenvalue weighted by Gasteiger charge is 2.42. The molecule has 9 heteroatoms. The van der Waals surface area contributed by atoms with Crippen molar-refractivity contribution < 1.29 is 23.9 Å². The summed E-state index contributed by atoms with van der Waals surface area (Å²) in [4.78, 5) is 43.8. The highest BCUT2D eigenvalue weighted by Crippen LogP contribution is 2.36. The zero-order valence-electron chi connectivity index (χ0n) is 23.4. The molecule has 4 heterocycles. The van der Waals surface area contributed by atoms with Crippen molar-refractivity contribution in [2.24, 2.45) is 0 Å². The molecule has 0 unspecified atom stereocenters. The number of nitrogens with zero attached hydrogens (tertiary/aromatic N) is 2. The second kappa shape index (κ2) is 13.0. The Morgan fingerprint density at radius 2 is 1.71 bits per heavy atom. The number of nitrogens with one attached hydrogen (secondary N) is 2. The summed E-state index contributed by atoms with van der Waals surface area (Å²) >= 11 is 0. The van der Waals surface area contributed by atoms with Gasteiger partial charge >= 0.3 is 12.1 Å². The molecule has 2 bridgehead atoms. The van der Waals surface area contributed by atoms with Gasteiger partial charge in [-0.15, -0.1) is 0 Å². The number of rotatable bonds is 10. The molecule has 0 radical (unpaired) electrons. The third kappa shape index (κ3) is 7.29. The first-order valence-electron chi connectivity index (χ1n) is 14.3. The minimum Gasteiger partial charge on any atom is -0.461 e. The standard InChI is InChI=1S/C32H36N4O5/c1-2-40-30(38)27-14-12-25(22-33-27)34-29(37)10-6-7-23-11-13-26(24-8-4-3-5-9-24)28(21-23)35-31(39)41-32-15-18-36(19-16-32)20-17-32/h3-5,8-9,11-14,21-22H,2,6-7,10,15-20H2,1H3,(H,34,37)(H,35,39). The molecule has 0 atom stereocenters. The van der Waals surface area contributed by atoms with Crippen LogP contribution < -0.4 is 10.6 Å². The van der Waals surface area contributed by atoms with Crippen molar-refractivity contribution in [2.45, 2.75) is 51.0 Å².